The van der Waals surface area contributed by atoms with Crippen LogP contribution in [0, 0.1) is 5.92 Å². The number of amides is 3. The summed E-state index contributed by atoms with van der Waals surface area (Å²) in [5.41, 5.74) is 1.62. The number of carbonyl (C=O) groups is 3. The third kappa shape index (κ3) is 6.72. The molecule has 0 aromatic heterocycles. The van der Waals surface area contributed by atoms with Gasteiger partial charge < -0.3 is 20.9 Å². The minimum absolute atomic E-state index is 0. The normalized spacial score (nSPS) is 21.2. The molecule has 29 heavy (non-hydrogen) atoms. The van der Waals surface area contributed by atoms with Gasteiger partial charge in [-0.3, -0.25) is 14.4 Å². The van der Waals surface area contributed by atoms with Gasteiger partial charge in [-0.2, -0.15) is 0 Å². The predicted octanol–water partition coefficient (Wildman–Crippen LogP) is 1.46. The number of halogens is 1. The highest BCUT2D eigenvalue weighted by atomic mass is 35.5. The predicted molar refractivity (Wildman–Crippen MR) is 114 cm³/mol. The van der Waals surface area contributed by atoms with E-state index in [-0.39, 0.29) is 36.2 Å². The number of benzene rings is 1. The van der Waals surface area contributed by atoms with Crippen molar-refractivity contribution >= 4 is 30.1 Å². The van der Waals surface area contributed by atoms with Crippen LogP contribution in [0.15, 0.2) is 24.3 Å². The maximum Gasteiger partial charge on any atom is 0.253 e. The quantitative estimate of drug-likeness (QED) is 0.647. The molecule has 7 nitrogen and oxygen atoms in total. The molecule has 1 aromatic carbocycles. The van der Waals surface area contributed by atoms with Crippen molar-refractivity contribution in [2.75, 3.05) is 26.2 Å². The molecular weight excluding hydrogens is 392 g/mol. The molecule has 1 aromatic rings. The number of likely N-dealkylation sites (tertiary alicyclic amines) is 1. The van der Waals surface area contributed by atoms with E-state index >= 15 is 0 Å². The van der Waals surface area contributed by atoms with Gasteiger partial charge >= 0.3 is 0 Å². The molecule has 3 N–H and O–H groups in total. The van der Waals surface area contributed by atoms with E-state index in [4.69, 9.17) is 0 Å². The second-order valence-electron chi connectivity index (χ2n) is 7.76. The lowest BCUT2D eigenvalue weighted by Gasteiger charge is -2.33. The summed E-state index contributed by atoms with van der Waals surface area (Å²) in [5.74, 6) is 0.327. The van der Waals surface area contributed by atoms with Crippen LogP contribution in [-0.4, -0.2) is 54.8 Å². The van der Waals surface area contributed by atoms with Gasteiger partial charge in [-0.15, -0.1) is 12.4 Å². The summed E-state index contributed by atoms with van der Waals surface area (Å²) < 4.78 is 0. The van der Waals surface area contributed by atoms with Crippen LogP contribution in [0.4, 0.5) is 0 Å². The average molecular weight is 423 g/mol. The first-order chi connectivity index (χ1) is 13.5. The van der Waals surface area contributed by atoms with Crippen LogP contribution in [-0.2, 0) is 16.1 Å². The van der Waals surface area contributed by atoms with Crippen molar-refractivity contribution in [2.45, 2.75) is 45.2 Å². The molecule has 0 spiro atoms. The zero-order chi connectivity index (χ0) is 19.9. The highest BCUT2D eigenvalue weighted by Crippen LogP contribution is 2.19. The molecule has 0 radical (unpaired) electrons. The van der Waals surface area contributed by atoms with Crippen molar-refractivity contribution in [2.24, 2.45) is 5.92 Å². The molecule has 0 bridgehead atoms. The van der Waals surface area contributed by atoms with Gasteiger partial charge in [0.2, 0.25) is 11.8 Å². The fourth-order valence-corrected chi connectivity index (χ4v) is 3.87. The van der Waals surface area contributed by atoms with E-state index in [2.05, 4.69) is 16.0 Å². The molecule has 2 aliphatic heterocycles. The lowest BCUT2D eigenvalue weighted by atomic mass is 9.97. The summed E-state index contributed by atoms with van der Waals surface area (Å²) in [6, 6.07) is 7.32. The van der Waals surface area contributed by atoms with Crippen LogP contribution in [0.1, 0.15) is 48.5 Å². The summed E-state index contributed by atoms with van der Waals surface area (Å²) in [4.78, 5) is 37.9. The number of carbonyl (C=O) groups excluding carboxylic acids is 3. The van der Waals surface area contributed by atoms with E-state index in [1.807, 2.05) is 29.2 Å². The third-order valence-electron chi connectivity index (χ3n) is 5.49. The Morgan fingerprint density at radius 3 is 2.52 bits per heavy atom. The molecule has 2 saturated heterocycles. The minimum Gasteiger partial charge on any atom is -0.354 e. The van der Waals surface area contributed by atoms with E-state index in [0.717, 1.165) is 44.3 Å². The molecule has 2 atom stereocenters. The van der Waals surface area contributed by atoms with Gasteiger partial charge in [-0.1, -0.05) is 12.1 Å². The highest BCUT2D eigenvalue weighted by molar-refractivity contribution is 5.94. The Morgan fingerprint density at radius 1 is 1.10 bits per heavy atom. The molecule has 2 unspecified atom stereocenters. The molecule has 3 rings (SSSR count). The van der Waals surface area contributed by atoms with Crippen LogP contribution in [0.2, 0.25) is 0 Å². The van der Waals surface area contributed by atoms with Crippen molar-refractivity contribution in [3.05, 3.63) is 35.4 Å². The van der Waals surface area contributed by atoms with E-state index < -0.39 is 0 Å². The summed E-state index contributed by atoms with van der Waals surface area (Å²) in [5, 5.41) is 9.01. The van der Waals surface area contributed by atoms with Crippen molar-refractivity contribution < 1.29 is 14.4 Å². The molecule has 2 aliphatic rings. The van der Waals surface area contributed by atoms with E-state index in [1.54, 1.807) is 0 Å². The van der Waals surface area contributed by atoms with Crippen molar-refractivity contribution in [3.8, 4) is 0 Å². The van der Waals surface area contributed by atoms with E-state index in [0.29, 0.717) is 31.1 Å². The molecule has 0 aliphatic carbocycles. The molecule has 160 valence electrons. The zero-order valence-electron chi connectivity index (χ0n) is 16.9. The highest BCUT2D eigenvalue weighted by Gasteiger charge is 2.26. The topological polar surface area (TPSA) is 90.5 Å². The number of rotatable bonds is 6. The van der Waals surface area contributed by atoms with Crippen molar-refractivity contribution in [3.63, 3.8) is 0 Å². The Balaban J connectivity index is 0.00000300. The first-order valence-electron chi connectivity index (χ1n) is 10.2. The summed E-state index contributed by atoms with van der Waals surface area (Å²) in [6.45, 7) is 4.90. The first kappa shape index (κ1) is 23.2. The van der Waals surface area contributed by atoms with Crippen LogP contribution < -0.4 is 16.0 Å². The van der Waals surface area contributed by atoms with Crippen molar-refractivity contribution in [1.29, 1.82) is 0 Å². The second kappa shape index (κ2) is 11.2. The zero-order valence-corrected chi connectivity index (χ0v) is 17.7. The standard InChI is InChI=1S/C21H30N4O3.ClH/c1-15(26)23-12-16-6-8-18(9-7-16)21(28)25-11-3-4-17(14-25)13-24-20(27)19-5-2-10-22-19;/h6-9,17,19,22H,2-5,10-14H2,1H3,(H,23,26)(H,24,27);1H. The lowest BCUT2D eigenvalue weighted by molar-refractivity contribution is -0.123. The molecule has 8 heteroatoms. The van der Waals surface area contributed by atoms with E-state index in [1.165, 1.54) is 6.92 Å². The van der Waals surface area contributed by atoms with Crippen molar-refractivity contribution in [1.82, 2.24) is 20.9 Å². The summed E-state index contributed by atoms with van der Waals surface area (Å²) in [6.07, 6.45) is 3.93. The van der Waals surface area contributed by atoms with E-state index in [9.17, 15) is 14.4 Å². The Kier molecular flexibility index (Phi) is 8.92. The maximum atomic E-state index is 12.8. The van der Waals surface area contributed by atoms with Gasteiger partial charge in [0, 0.05) is 38.7 Å². The van der Waals surface area contributed by atoms with Gasteiger partial charge in [-0.25, -0.2) is 0 Å². The van der Waals surface area contributed by atoms with Crippen LogP contribution in [0.5, 0.6) is 0 Å². The second-order valence-corrected chi connectivity index (χ2v) is 7.76. The number of hydrogen-bond acceptors (Lipinski definition) is 4. The monoisotopic (exact) mass is 422 g/mol. The fourth-order valence-electron chi connectivity index (χ4n) is 3.87. The SMILES string of the molecule is CC(=O)NCc1ccc(C(=O)N2CCCC(CNC(=O)C3CCCN3)C2)cc1.Cl. The molecular formula is C21H31ClN4O3. The summed E-state index contributed by atoms with van der Waals surface area (Å²) in [7, 11) is 0. The van der Waals surface area contributed by atoms with Gasteiger partial charge in [-0.05, 0) is 55.8 Å². The van der Waals surface area contributed by atoms with Gasteiger partial charge in [0.05, 0.1) is 6.04 Å². The average Bonchev–Trinajstić information content (AvgIpc) is 3.25. The Labute approximate surface area is 178 Å². The number of nitrogens with one attached hydrogen (secondary N) is 3. The van der Waals surface area contributed by atoms with Gasteiger partial charge in [0.25, 0.3) is 5.91 Å². The summed E-state index contributed by atoms with van der Waals surface area (Å²) >= 11 is 0. The van der Waals surface area contributed by atoms with Crippen LogP contribution >= 0.6 is 12.4 Å². The third-order valence-corrected chi connectivity index (χ3v) is 5.49. The number of piperidine rings is 1. The van der Waals surface area contributed by atoms with Gasteiger partial charge in [0.1, 0.15) is 0 Å². The minimum atomic E-state index is -0.0738. The number of nitrogens with zero attached hydrogens (tertiary/aromatic N) is 1. The Hall–Kier alpha value is -2.12. The first-order valence-corrected chi connectivity index (χ1v) is 10.2. The molecule has 0 saturated carbocycles. The molecule has 2 fully saturated rings. The van der Waals surface area contributed by atoms with Crippen LogP contribution in [0.25, 0.3) is 0 Å². The fraction of sp³-hybridized carbons (Fsp3) is 0.571. The molecule has 3 amide bonds. The van der Waals surface area contributed by atoms with Crippen LogP contribution in [0.3, 0.4) is 0 Å². The largest absolute Gasteiger partial charge is 0.354 e. The Bertz CT molecular complexity index is 704. The Morgan fingerprint density at radius 2 is 1.86 bits per heavy atom. The van der Waals surface area contributed by atoms with Gasteiger partial charge in [0.15, 0.2) is 0 Å². The maximum absolute atomic E-state index is 12.8. The number of hydrogen-bond donors (Lipinski definition) is 3. The molecule has 2 heterocycles. The lowest BCUT2D eigenvalue weighted by Crippen LogP contribution is -2.46. The smallest absolute Gasteiger partial charge is 0.253 e.